The Kier molecular flexibility index (Phi) is 8.18. The summed E-state index contributed by atoms with van der Waals surface area (Å²) < 4.78 is 4.91. The van der Waals surface area contributed by atoms with Gasteiger partial charge in [0.05, 0.1) is 5.25 Å². The molecule has 0 aromatic carbocycles. The fourth-order valence-electron chi connectivity index (χ4n) is 0.901. The van der Waals surface area contributed by atoms with Crippen molar-refractivity contribution in [2.45, 2.75) is 25.0 Å². The number of hydrogen-bond acceptors (Lipinski definition) is 4. The van der Waals surface area contributed by atoms with E-state index in [4.69, 9.17) is 10.6 Å². The average Bonchev–Trinajstić information content (AvgIpc) is 2.17. The summed E-state index contributed by atoms with van der Waals surface area (Å²) in [6.07, 6.45) is 1.77. The Balaban J connectivity index is 3.53. The highest BCUT2D eigenvalue weighted by atomic mass is 32.2. The Bertz CT molecular complexity index is 144. The van der Waals surface area contributed by atoms with Crippen LogP contribution in [0.1, 0.15) is 19.8 Å². The number of nitrogens with one attached hydrogen (secondary N) is 1. The molecule has 0 aliphatic heterocycles. The number of carbonyl (C=O) groups is 1. The third kappa shape index (κ3) is 5.90. The normalized spacial score (nSPS) is 12.5. The number of hydrogen-bond donors (Lipinski definition) is 2. The van der Waals surface area contributed by atoms with Crippen molar-refractivity contribution in [3.8, 4) is 0 Å². The van der Waals surface area contributed by atoms with Gasteiger partial charge < -0.3 is 4.74 Å². The van der Waals surface area contributed by atoms with Gasteiger partial charge in [-0.05, 0) is 18.6 Å². The van der Waals surface area contributed by atoms with Crippen LogP contribution in [0.15, 0.2) is 0 Å². The van der Waals surface area contributed by atoms with E-state index in [0.29, 0.717) is 0 Å². The minimum atomic E-state index is -0.0927. The summed E-state index contributed by atoms with van der Waals surface area (Å²) in [6.45, 7) is 2.72. The second-order valence-corrected chi connectivity index (χ2v) is 3.93. The second kappa shape index (κ2) is 8.34. The molecule has 0 saturated carbocycles. The number of amides is 1. The highest BCUT2D eigenvalue weighted by molar-refractivity contribution is 8.00. The van der Waals surface area contributed by atoms with Crippen molar-refractivity contribution in [2.75, 3.05) is 19.5 Å². The van der Waals surface area contributed by atoms with Gasteiger partial charge in [0, 0.05) is 13.7 Å². The maximum Gasteiger partial charge on any atom is 0.246 e. The number of methoxy groups -OCH3 is 1. The summed E-state index contributed by atoms with van der Waals surface area (Å²) in [7, 11) is 1.68. The molecular weight excluding hydrogens is 188 g/mol. The molecule has 0 rings (SSSR count). The molecule has 0 aliphatic carbocycles. The van der Waals surface area contributed by atoms with E-state index in [1.54, 1.807) is 18.9 Å². The van der Waals surface area contributed by atoms with Crippen LogP contribution in [0.5, 0.6) is 0 Å². The molecule has 0 saturated heterocycles. The first-order valence-corrected chi connectivity index (χ1v) is 5.42. The maximum absolute atomic E-state index is 11.1. The lowest BCUT2D eigenvalue weighted by molar-refractivity contribution is -0.120. The van der Waals surface area contributed by atoms with Gasteiger partial charge in [-0.25, -0.2) is 5.84 Å². The first-order chi connectivity index (χ1) is 6.26. The predicted octanol–water partition coefficient (Wildman–Crippen LogP) is 0.525. The average molecular weight is 206 g/mol. The molecule has 0 aliphatic rings. The fourth-order valence-corrected chi connectivity index (χ4v) is 1.92. The molecule has 0 radical (unpaired) electrons. The van der Waals surface area contributed by atoms with Crippen molar-refractivity contribution >= 4 is 17.7 Å². The van der Waals surface area contributed by atoms with E-state index in [1.807, 2.05) is 6.92 Å². The number of thioether (sulfide) groups is 1. The molecule has 0 aromatic heterocycles. The third-order valence-corrected chi connectivity index (χ3v) is 3.09. The van der Waals surface area contributed by atoms with E-state index in [9.17, 15) is 4.79 Å². The fraction of sp³-hybridized carbons (Fsp3) is 0.875. The largest absolute Gasteiger partial charge is 0.385 e. The highest BCUT2D eigenvalue weighted by Crippen LogP contribution is 2.15. The molecule has 1 unspecified atom stereocenters. The molecule has 0 aromatic rings. The lowest BCUT2D eigenvalue weighted by Gasteiger charge is -2.11. The zero-order valence-corrected chi connectivity index (χ0v) is 9.02. The Morgan fingerprint density at radius 2 is 2.38 bits per heavy atom. The highest BCUT2D eigenvalue weighted by Gasteiger charge is 2.14. The molecular formula is C8H18N2O2S. The minimum absolute atomic E-state index is 0.0261. The third-order valence-electron chi connectivity index (χ3n) is 1.62. The maximum atomic E-state index is 11.1. The lowest BCUT2D eigenvalue weighted by atomic mass is 10.3. The van der Waals surface area contributed by atoms with Crippen LogP contribution >= 0.6 is 11.8 Å². The Hall–Kier alpha value is -0.260. The molecule has 3 N–H and O–H groups in total. The van der Waals surface area contributed by atoms with Crippen LogP contribution in [0.4, 0.5) is 0 Å². The molecule has 1 atom stereocenters. The molecule has 78 valence electrons. The van der Waals surface area contributed by atoms with Gasteiger partial charge in [0.25, 0.3) is 0 Å². The van der Waals surface area contributed by atoms with Crippen LogP contribution < -0.4 is 11.3 Å². The van der Waals surface area contributed by atoms with Gasteiger partial charge in [-0.15, -0.1) is 11.8 Å². The number of rotatable bonds is 7. The van der Waals surface area contributed by atoms with Gasteiger partial charge in [0.15, 0.2) is 0 Å². The first kappa shape index (κ1) is 12.7. The van der Waals surface area contributed by atoms with Crippen LogP contribution in [0.25, 0.3) is 0 Å². The zero-order chi connectivity index (χ0) is 10.1. The number of nitrogens with two attached hydrogens (primary N) is 1. The summed E-state index contributed by atoms with van der Waals surface area (Å²) in [6, 6.07) is 0. The van der Waals surface area contributed by atoms with E-state index in [1.165, 1.54) is 0 Å². The van der Waals surface area contributed by atoms with Crippen molar-refractivity contribution in [2.24, 2.45) is 5.84 Å². The molecule has 0 spiro atoms. The van der Waals surface area contributed by atoms with Gasteiger partial charge >= 0.3 is 0 Å². The SMILES string of the molecule is CCC(SCCCOC)C(=O)NN. The lowest BCUT2D eigenvalue weighted by Crippen LogP contribution is -2.37. The molecule has 0 fully saturated rings. The van der Waals surface area contributed by atoms with Crippen molar-refractivity contribution in [3.63, 3.8) is 0 Å². The van der Waals surface area contributed by atoms with Crippen molar-refractivity contribution in [3.05, 3.63) is 0 Å². The van der Waals surface area contributed by atoms with Crippen LogP contribution in [-0.2, 0) is 9.53 Å². The number of carbonyl (C=O) groups excluding carboxylic acids is 1. The second-order valence-electron chi connectivity index (χ2n) is 2.62. The van der Waals surface area contributed by atoms with Crippen LogP contribution in [-0.4, -0.2) is 30.6 Å². The standard InChI is InChI=1S/C8H18N2O2S/c1-3-7(8(11)10-9)13-6-4-5-12-2/h7H,3-6,9H2,1-2H3,(H,10,11). The monoisotopic (exact) mass is 206 g/mol. The van der Waals surface area contributed by atoms with Crippen molar-refractivity contribution in [1.82, 2.24) is 5.43 Å². The molecule has 5 heteroatoms. The topological polar surface area (TPSA) is 64.3 Å². The van der Waals surface area contributed by atoms with E-state index >= 15 is 0 Å². The summed E-state index contributed by atoms with van der Waals surface area (Å²) >= 11 is 1.62. The number of hydrazine groups is 1. The summed E-state index contributed by atoms with van der Waals surface area (Å²) in [5, 5.41) is -0.0261. The Morgan fingerprint density at radius 1 is 1.69 bits per heavy atom. The Labute approximate surface area is 83.6 Å². The van der Waals surface area contributed by atoms with Gasteiger partial charge in [0.1, 0.15) is 0 Å². The van der Waals surface area contributed by atoms with Gasteiger partial charge in [-0.3, -0.25) is 10.2 Å². The van der Waals surface area contributed by atoms with Gasteiger partial charge in [-0.1, -0.05) is 6.92 Å². The smallest absolute Gasteiger partial charge is 0.246 e. The van der Waals surface area contributed by atoms with Crippen molar-refractivity contribution < 1.29 is 9.53 Å². The molecule has 0 bridgehead atoms. The van der Waals surface area contributed by atoms with Gasteiger partial charge in [0.2, 0.25) is 5.91 Å². The molecule has 1 amide bonds. The summed E-state index contributed by atoms with van der Waals surface area (Å²) in [4.78, 5) is 11.1. The van der Waals surface area contributed by atoms with Crippen LogP contribution in [0.2, 0.25) is 0 Å². The Morgan fingerprint density at radius 3 is 2.85 bits per heavy atom. The number of ether oxygens (including phenoxy) is 1. The minimum Gasteiger partial charge on any atom is -0.385 e. The zero-order valence-electron chi connectivity index (χ0n) is 8.21. The van der Waals surface area contributed by atoms with Crippen LogP contribution in [0, 0.1) is 0 Å². The van der Waals surface area contributed by atoms with E-state index in [-0.39, 0.29) is 11.2 Å². The first-order valence-electron chi connectivity index (χ1n) is 4.37. The summed E-state index contributed by atoms with van der Waals surface area (Å²) in [5.41, 5.74) is 2.17. The molecule has 13 heavy (non-hydrogen) atoms. The van der Waals surface area contributed by atoms with E-state index in [2.05, 4.69) is 5.43 Å². The van der Waals surface area contributed by atoms with Crippen LogP contribution in [0.3, 0.4) is 0 Å². The van der Waals surface area contributed by atoms with E-state index < -0.39 is 0 Å². The molecule has 4 nitrogen and oxygen atoms in total. The predicted molar refractivity (Wildman–Crippen MR) is 55.4 cm³/mol. The van der Waals surface area contributed by atoms with Crippen molar-refractivity contribution in [1.29, 1.82) is 0 Å². The quantitative estimate of drug-likeness (QED) is 0.276. The molecule has 0 heterocycles. The summed E-state index contributed by atoms with van der Waals surface area (Å²) in [5.74, 6) is 5.88. The van der Waals surface area contributed by atoms with Gasteiger partial charge in [-0.2, -0.15) is 0 Å². The van der Waals surface area contributed by atoms with E-state index in [0.717, 1.165) is 25.2 Å².